The highest BCUT2D eigenvalue weighted by Crippen LogP contribution is 2.50. The molecule has 3 atom stereocenters. The van der Waals surface area contributed by atoms with Crippen molar-refractivity contribution in [3.8, 4) is 0 Å². The molecule has 2 rings (SSSR count). The summed E-state index contributed by atoms with van der Waals surface area (Å²) in [4.78, 5) is 10.5. The molecular weight excluding hydrogens is 150 g/mol. The van der Waals surface area contributed by atoms with Crippen LogP contribution in [-0.4, -0.2) is 6.29 Å². The van der Waals surface area contributed by atoms with E-state index >= 15 is 0 Å². The van der Waals surface area contributed by atoms with Crippen molar-refractivity contribution in [2.24, 2.45) is 23.5 Å². The maximum atomic E-state index is 10.5. The third-order valence-electron chi connectivity index (χ3n) is 3.43. The molecule has 2 saturated carbocycles. The molecule has 12 heavy (non-hydrogen) atoms. The fourth-order valence-electron chi connectivity index (χ4n) is 2.86. The molecule has 2 aliphatic rings. The second-order valence-electron chi connectivity index (χ2n) is 4.01. The maximum Gasteiger partial charge on any atom is 0.230 e. The molecule has 3 unspecified atom stereocenters. The van der Waals surface area contributed by atoms with E-state index in [1.54, 1.807) is 0 Å². The Morgan fingerprint density at radius 2 is 2.25 bits per heavy atom. The van der Waals surface area contributed by atoms with Crippen LogP contribution in [0, 0.1) is 17.8 Å². The number of carbonyl (C=O) groups excluding carboxylic acids is 1. The van der Waals surface area contributed by atoms with Crippen LogP contribution < -0.4 is 5.73 Å². The van der Waals surface area contributed by atoms with Gasteiger partial charge in [-0.25, -0.2) is 0 Å². The lowest BCUT2D eigenvalue weighted by Crippen LogP contribution is -2.14. The van der Waals surface area contributed by atoms with Gasteiger partial charge in [0.25, 0.3) is 0 Å². The largest absolute Gasteiger partial charge is 0.404 e. The van der Waals surface area contributed by atoms with Crippen LogP contribution in [0.25, 0.3) is 0 Å². The second kappa shape index (κ2) is 2.92. The first-order valence-electron chi connectivity index (χ1n) is 4.65. The summed E-state index contributed by atoms with van der Waals surface area (Å²) in [5.74, 6) is 2.03. The average Bonchev–Trinajstić information content (AvgIpc) is 2.67. The Labute approximate surface area is 72.8 Å². The van der Waals surface area contributed by atoms with Gasteiger partial charge in [0, 0.05) is 11.8 Å². The van der Waals surface area contributed by atoms with E-state index in [-0.39, 0.29) is 0 Å². The molecule has 0 spiro atoms. The number of hydrogen-bond donors (Lipinski definition) is 1. The molecule has 1 radical (unpaired) electrons. The Balaban J connectivity index is 2.11. The Morgan fingerprint density at radius 1 is 1.42 bits per heavy atom. The van der Waals surface area contributed by atoms with Crippen LogP contribution in [0.15, 0.2) is 11.8 Å². The SMILES string of the molecule is NC=C([C]=O)C1CC2CCC1C2. The molecule has 2 nitrogen and oxygen atoms in total. The molecule has 0 amide bonds. The number of hydrogen-bond acceptors (Lipinski definition) is 2. The topological polar surface area (TPSA) is 43.1 Å². The van der Waals surface area contributed by atoms with Gasteiger partial charge in [0.2, 0.25) is 6.29 Å². The van der Waals surface area contributed by atoms with Gasteiger partial charge in [-0.05, 0) is 37.0 Å². The van der Waals surface area contributed by atoms with Gasteiger partial charge in [0.05, 0.1) is 0 Å². The van der Waals surface area contributed by atoms with Crippen molar-refractivity contribution >= 4 is 6.29 Å². The van der Waals surface area contributed by atoms with Crippen molar-refractivity contribution < 1.29 is 4.79 Å². The van der Waals surface area contributed by atoms with E-state index in [4.69, 9.17) is 5.73 Å². The van der Waals surface area contributed by atoms with Gasteiger partial charge in [0.1, 0.15) is 0 Å². The standard InChI is InChI=1S/C10H14NO/c11-5-9(6-12)10-4-7-1-2-8(10)3-7/h5,7-8,10H,1-4,11H2. The van der Waals surface area contributed by atoms with Gasteiger partial charge in [0.15, 0.2) is 0 Å². The molecule has 0 aromatic rings. The highest BCUT2D eigenvalue weighted by Gasteiger charge is 2.40. The molecule has 0 aliphatic heterocycles. The lowest BCUT2D eigenvalue weighted by molar-refractivity contribution is 0.383. The lowest BCUT2D eigenvalue weighted by Gasteiger charge is -2.20. The third-order valence-corrected chi connectivity index (χ3v) is 3.43. The van der Waals surface area contributed by atoms with Gasteiger partial charge >= 0.3 is 0 Å². The first-order chi connectivity index (χ1) is 5.85. The van der Waals surface area contributed by atoms with Gasteiger partial charge in [-0.2, -0.15) is 0 Å². The average molecular weight is 164 g/mol. The van der Waals surface area contributed by atoms with Gasteiger partial charge in [-0.15, -0.1) is 0 Å². The molecule has 2 heteroatoms. The minimum absolute atomic E-state index is 0.436. The Morgan fingerprint density at radius 3 is 2.67 bits per heavy atom. The zero-order valence-corrected chi connectivity index (χ0v) is 7.12. The zero-order valence-electron chi connectivity index (χ0n) is 7.12. The highest BCUT2D eigenvalue weighted by molar-refractivity contribution is 5.74. The molecule has 2 N–H and O–H groups in total. The van der Waals surface area contributed by atoms with Crippen molar-refractivity contribution in [2.75, 3.05) is 0 Å². The first-order valence-corrected chi connectivity index (χ1v) is 4.65. The van der Waals surface area contributed by atoms with E-state index in [1.165, 1.54) is 31.9 Å². The summed E-state index contributed by atoms with van der Waals surface area (Å²) < 4.78 is 0. The van der Waals surface area contributed by atoms with Gasteiger partial charge in [-0.1, -0.05) is 6.42 Å². The summed E-state index contributed by atoms with van der Waals surface area (Å²) in [5, 5.41) is 0. The van der Waals surface area contributed by atoms with E-state index in [0.717, 1.165) is 11.8 Å². The fourth-order valence-corrected chi connectivity index (χ4v) is 2.86. The van der Waals surface area contributed by atoms with E-state index in [9.17, 15) is 4.79 Å². The van der Waals surface area contributed by atoms with Crippen LogP contribution in [0.1, 0.15) is 25.7 Å². The molecule has 0 heterocycles. The van der Waals surface area contributed by atoms with E-state index < -0.39 is 0 Å². The predicted octanol–water partition coefficient (Wildman–Crippen LogP) is 1.37. The first kappa shape index (κ1) is 7.84. The van der Waals surface area contributed by atoms with E-state index in [2.05, 4.69) is 0 Å². The summed E-state index contributed by atoms with van der Waals surface area (Å²) in [6.45, 7) is 0. The summed E-state index contributed by atoms with van der Waals surface area (Å²) in [7, 11) is 0. The molecule has 0 aromatic carbocycles. The lowest BCUT2D eigenvalue weighted by atomic mass is 9.84. The molecule has 2 fully saturated rings. The van der Waals surface area contributed by atoms with Gasteiger partial charge < -0.3 is 5.73 Å². The zero-order chi connectivity index (χ0) is 8.55. The molecule has 2 aliphatic carbocycles. The maximum absolute atomic E-state index is 10.5. The van der Waals surface area contributed by atoms with Crippen molar-refractivity contribution in [3.05, 3.63) is 11.8 Å². The van der Waals surface area contributed by atoms with E-state index in [0.29, 0.717) is 11.5 Å². The second-order valence-corrected chi connectivity index (χ2v) is 4.01. The quantitative estimate of drug-likeness (QED) is 0.626. The van der Waals surface area contributed by atoms with Crippen LogP contribution in [0.4, 0.5) is 0 Å². The minimum Gasteiger partial charge on any atom is -0.404 e. The number of fused-ring (bicyclic) bond motifs is 2. The van der Waals surface area contributed by atoms with Crippen LogP contribution in [0.5, 0.6) is 0 Å². The monoisotopic (exact) mass is 164 g/mol. The van der Waals surface area contributed by atoms with Crippen LogP contribution in [0.3, 0.4) is 0 Å². The van der Waals surface area contributed by atoms with Crippen molar-refractivity contribution in [2.45, 2.75) is 25.7 Å². The summed E-state index contributed by atoms with van der Waals surface area (Å²) in [6.07, 6.45) is 8.53. The summed E-state index contributed by atoms with van der Waals surface area (Å²) in [6, 6.07) is 0. The molecule has 0 saturated heterocycles. The fraction of sp³-hybridized carbons (Fsp3) is 0.700. The summed E-state index contributed by atoms with van der Waals surface area (Å²) >= 11 is 0. The van der Waals surface area contributed by atoms with Crippen molar-refractivity contribution in [1.82, 2.24) is 0 Å². The van der Waals surface area contributed by atoms with Crippen LogP contribution >= 0.6 is 0 Å². The Hall–Kier alpha value is -0.790. The van der Waals surface area contributed by atoms with E-state index in [1.807, 2.05) is 6.29 Å². The van der Waals surface area contributed by atoms with Gasteiger partial charge in [-0.3, -0.25) is 4.79 Å². The van der Waals surface area contributed by atoms with Crippen molar-refractivity contribution in [3.63, 3.8) is 0 Å². The Bertz CT molecular complexity index is 222. The number of nitrogens with two attached hydrogens (primary N) is 1. The number of rotatable bonds is 2. The smallest absolute Gasteiger partial charge is 0.230 e. The minimum atomic E-state index is 0.436. The normalized spacial score (nSPS) is 40.3. The third kappa shape index (κ3) is 1.06. The molecule has 0 aromatic heterocycles. The Kier molecular flexibility index (Phi) is 1.91. The molecular formula is C10H14NO. The highest BCUT2D eigenvalue weighted by atomic mass is 16.1. The summed E-state index contributed by atoms with van der Waals surface area (Å²) in [5.41, 5.74) is 6.08. The van der Waals surface area contributed by atoms with Crippen LogP contribution in [-0.2, 0) is 4.79 Å². The predicted molar refractivity (Wildman–Crippen MR) is 46.9 cm³/mol. The van der Waals surface area contributed by atoms with Crippen molar-refractivity contribution in [1.29, 1.82) is 0 Å². The molecule has 65 valence electrons. The number of allylic oxidation sites excluding steroid dienone is 1. The molecule has 2 bridgehead atoms. The van der Waals surface area contributed by atoms with Crippen LogP contribution in [0.2, 0.25) is 0 Å².